The molecule has 0 amide bonds. The molecule has 23 heavy (non-hydrogen) atoms. The SMILES string of the molecule is O=C(CBr)c1ccc2c(=O)c3cc(C(=O)CBr)ccc3oc2c1. The first-order chi connectivity index (χ1) is 11.0. The van der Waals surface area contributed by atoms with Gasteiger partial charge in [-0.25, -0.2) is 0 Å². The number of hydrogen-bond donors (Lipinski definition) is 0. The molecule has 0 saturated heterocycles. The number of halogens is 2. The van der Waals surface area contributed by atoms with Crippen LogP contribution < -0.4 is 5.43 Å². The van der Waals surface area contributed by atoms with E-state index in [-0.39, 0.29) is 27.7 Å². The predicted molar refractivity (Wildman–Crippen MR) is 96.2 cm³/mol. The zero-order valence-electron chi connectivity index (χ0n) is 11.8. The zero-order chi connectivity index (χ0) is 16.6. The normalized spacial score (nSPS) is 11.0. The summed E-state index contributed by atoms with van der Waals surface area (Å²) >= 11 is 6.24. The number of fused-ring (bicyclic) bond motifs is 2. The van der Waals surface area contributed by atoms with E-state index in [9.17, 15) is 14.4 Å². The van der Waals surface area contributed by atoms with Crippen LogP contribution in [0.3, 0.4) is 0 Å². The molecule has 1 aromatic heterocycles. The average molecular weight is 438 g/mol. The number of Topliss-reactive ketones (excluding diaryl/α,β-unsaturated/α-hetero) is 2. The summed E-state index contributed by atoms with van der Waals surface area (Å²) in [5.41, 5.74) is 1.45. The smallest absolute Gasteiger partial charge is 0.200 e. The number of carbonyl (C=O) groups is 2. The van der Waals surface area contributed by atoms with E-state index in [1.807, 2.05) is 0 Å². The third-order valence-corrected chi connectivity index (χ3v) is 4.58. The molecule has 3 rings (SSSR count). The number of rotatable bonds is 4. The molecule has 0 fully saturated rings. The summed E-state index contributed by atoms with van der Waals surface area (Å²) in [7, 11) is 0. The van der Waals surface area contributed by atoms with Crippen LogP contribution in [0.15, 0.2) is 45.6 Å². The van der Waals surface area contributed by atoms with E-state index in [4.69, 9.17) is 4.42 Å². The summed E-state index contributed by atoms with van der Waals surface area (Å²) in [5.74, 6) is -0.197. The van der Waals surface area contributed by atoms with Gasteiger partial charge in [-0.3, -0.25) is 14.4 Å². The molecule has 1 heterocycles. The minimum Gasteiger partial charge on any atom is -0.456 e. The molecule has 0 atom stereocenters. The molecule has 0 unspecified atom stereocenters. The van der Waals surface area contributed by atoms with Crippen molar-refractivity contribution in [3.8, 4) is 0 Å². The van der Waals surface area contributed by atoms with Crippen LogP contribution >= 0.6 is 31.9 Å². The van der Waals surface area contributed by atoms with Gasteiger partial charge in [0.1, 0.15) is 11.2 Å². The lowest BCUT2D eigenvalue weighted by Gasteiger charge is -2.05. The summed E-state index contributed by atoms with van der Waals surface area (Å²) in [4.78, 5) is 36.1. The van der Waals surface area contributed by atoms with Crippen LogP contribution in [-0.2, 0) is 0 Å². The number of ketones is 2. The van der Waals surface area contributed by atoms with Crippen molar-refractivity contribution in [2.24, 2.45) is 0 Å². The topological polar surface area (TPSA) is 64.3 Å². The molecule has 0 aliphatic heterocycles. The molecule has 0 N–H and O–H groups in total. The van der Waals surface area contributed by atoms with Gasteiger partial charge in [0, 0.05) is 11.1 Å². The van der Waals surface area contributed by atoms with E-state index in [0.717, 1.165) is 0 Å². The molecule has 0 aliphatic rings. The Hall–Kier alpha value is -1.79. The lowest BCUT2D eigenvalue weighted by atomic mass is 10.0. The Morgan fingerprint density at radius 1 is 0.826 bits per heavy atom. The molecule has 116 valence electrons. The number of carbonyl (C=O) groups excluding carboxylic acids is 2. The first kappa shape index (κ1) is 16.1. The monoisotopic (exact) mass is 436 g/mol. The van der Waals surface area contributed by atoms with Crippen LogP contribution in [0.2, 0.25) is 0 Å². The summed E-state index contributed by atoms with van der Waals surface area (Å²) in [6.45, 7) is 0. The van der Waals surface area contributed by atoms with Crippen LogP contribution in [-0.4, -0.2) is 22.2 Å². The summed E-state index contributed by atoms with van der Waals surface area (Å²) in [6.07, 6.45) is 0. The van der Waals surface area contributed by atoms with E-state index in [1.54, 1.807) is 36.4 Å². The first-order valence-corrected chi connectivity index (χ1v) is 8.98. The summed E-state index contributed by atoms with van der Waals surface area (Å²) < 4.78 is 5.74. The molecule has 0 radical (unpaired) electrons. The quantitative estimate of drug-likeness (QED) is 0.350. The van der Waals surface area contributed by atoms with E-state index < -0.39 is 0 Å². The highest BCUT2D eigenvalue weighted by molar-refractivity contribution is 9.09. The Morgan fingerprint density at radius 3 is 2.09 bits per heavy atom. The molecule has 0 saturated carbocycles. The van der Waals surface area contributed by atoms with Gasteiger partial charge in [-0.1, -0.05) is 37.9 Å². The Morgan fingerprint density at radius 2 is 1.43 bits per heavy atom. The number of hydrogen-bond acceptors (Lipinski definition) is 4. The second kappa shape index (κ2) is 6.37. The number of benzene rings is 2. The molecule has 0 bridgehead atoms. The minimum atomic E-state index is -0.219. The van der Waals surface area contributed by atoms with Gasteiger partial charge in [-0.05, 0) is 30.3 Å². The highest BCUT2D eigenvalue weighted by Gasteiger charge is 2.13. The molecule has 6 heteroatoms. The van der Waals surface area contributed by atoms with Crippen molar-refractivity contribution < 1.29 is 14.0 Å². The molecule has 2 aromatic carbocycles. The van der Waals surface area contributed by atoms with Crippen molar-refractivity contribution in [3.63, 3.8) is 0 Å². The Bertz CT molecular complexity index is 1000. The average Bonchev–Trinajstić information content (AvgIpc) is 2.59. The van der Waals surface area contributed by atoms with Gasteiger partial charge in [0.25, 0.3) is 0 Å². The zero-order valence-corrected chi connectivity index (χ0v) is 14.9. The third-order valence-electron chi connectivity index (χ3n) is 3.56. The fourth-order valence-electron chi connectivity index (χ4n) is 2.36. The van der Waals surface area contributed by atoms with Crippen molar-refractivity contribution in [1.29, 1.82) is 0 Å². The van der Waals surface area contributed by atoms with Gasteiger partial charge < -0.3 is 4.42 Å². The maximum absolute atomic E-state index is 12.6. The highest BCUT2D eigenvalue weighted by Crippen LogP contribution is 2.21. The van der Waals surface area contributed by atoms with Crippen LogP contribution in [0.4, 0.5) is 0 Å². The predicted octanol–water partition coefficient (Wildman–Crippen LogP) is 4.10. The fourth-order valence-corrected chi connectivity index (χ4v) is 3.00. The standard InChI is InChI=1S/C17H10Br2O4/c18-7-13(20)9-2-4-15-12(5-9)17(22)11-3-1-10(14(21)8-19)6-16(11)23-15/h1-6H,7-8H2. The van der Waals surface area contributed by atoms with E-state index in [1.165, 1.54) is 0 Å². The molecule has 0 aliphatic carbocycles. The number of alkyl halides is 2. The molecule has 0 spiro atoms. The molecule has 4 nitrogen and oxygen atoms in total. The van der Waals surface area contributed by atoms with Crippen LogP contribution in [0.5, 0.6) is 0 Å². The van der Waals surface area contributed by atoms with Crippen LogP contribution in [0.25, 0.3) is 21.9 Å². The maximum atomic E-state index is 12.6. The van der Waals surface area contributed by atoms with E-state index in [0.29, 0.717) is 33.1 Å². The molecular formula is C17H10Br2O4. The Labute approximate surface area is 147 Å². The van der Waals surface area contributed by atoms with Crippen molar-refractivity contribution in [1.82, 2.24) is 0 Å². The van der Waals surface area contributed by atoms with Gasteiger partial charge >= 0.3 is 0 Å². The summed E-state index contributed by atoms with van der Waals surface area (Å²) in [6, 6.07) is 9.51. The Balaban J connectivity index is 2.28. The van der Waals surface area contributed by atoms with Crippen LogP contribution in [0.1, 0.15) is 20.7 Å². The van der Waals surface area contributed by atoms with E-state index >= 15 is 0 Å². The molecule has 3 aromatic rings. The highest BCUT2D eigenvalue weighted by atomic mass is 79.9. The second-order valence-electron chi connectivity index (χ2n) is 4.97. The van der Waals surface area contributed by atoms with Gasteiger partial charge in [0.2, 0.25) is 5.43 Å². The minimum absolute atomic E-state index is 0.0899. The van der Waals surface area contributed by atoms with Gasteiger partial charge in [0.05, 0.1) is 21.4 Å². The first-order valence-electron chi connectivity index (χ1n) is 6.74. The van der Waals surface area contributed by atoms with Gasteiger partial charge in [-0.15, -0.1) is 0 Å². The lowest BCUT2D eigenvalue weighted by molar-refractivity contribution is 0.101. The van der Waals surface area contributed by atoms with Crippen LogP contribution in [0, 0.1) is 0 Å². The summed E-state index contributed by atoms with van der Waals surface area (Å²) in [5, 5.41) is 1.12. The van der Waals surface area contributed by atoms with E-state index in [2.05, 4.69) is 31.9 Å². The lowest BCUT2D eigenvalue weighted by Crippen LogP contribution is -2.06. The largest absolute Gasteiger partial charge is 0.456 e. The van der Waals surface area contributed by atoms with Gasteiger partial charge in [-0.2, -0.15) is 0 Å². The van der Waals surface area contributed by atoms with Crippen molar-refractivity contribution in [2.75, 3.05) is 10.7 Å². The Kier molecular flexibility index (Phi) is 4.46. The maximum Gasteiger partial charge on any atom is 0.200 e. The van der Waals surface area contributed by atoms with Crippen molar-refractivity contribution in [2.45, 2.75) is 0 Å². The second-order valence-corrected chi connectivity index (χ2v) is 6.09. The molecular weight excluding hydrogens is 428 g/mol. The third kappa shape index (κ3) is 2.88. The van der Waals surface area contributed by atoms with Gasteiger partial charge in [0.15, 0.2) is 11.6 Å². The van der Waals surface area contributed by atoms with Crippen molar-refractivity contribution >= 4 is 65.4 Å². The van der Waals surface area contributed by atoms with Crippen molar-refractivity contribution in [3.05, 3.63) is 57.7 Å². The fraction of sp³-hybridized carbons (Fsp3) is 0.118.